The molecule has 1 aliphatic rings. The molecule has 0 radical (unpaired) electrons. The van der Waals surface area contributed by atoms with Crippen LogP contribution in [0.4, 0.5) is 26.3 Å². The average molecular weight is 579 g/mol. The van der Waals surface area contributed by atoms with Crippen LogP contribution in [-0.2, 0) is 22.7 Å². The van der Waals surface area contributed by atoms with Gasteiger partial charge in [-0.3, -0.25) is 19.4 Å². The summed E-state index contributed by atoms with van der Waals surface area (Å²) in [6.07, 6.45) is -2.35. The standard InChI is InChI=1S/C19H21N5O2.2C2HF3O2/c25-19(18-2-1-11-26-18)21-9-5-16-13-23(12-15-3-7-20-8-4-15)14-17-6-10-22-24(16)17;2*3-2(4,5)1(6)7/h1-4,6-8,10-11,16H,5,9,12-14H2,(H,21,25);2*(H,6,7). The van der Waals surface area contributed by atoms with Gasteiger partial charge in [0.05, 0.1) is 18.0 Å². The number of carbonyl (C=O) groups excluding carboxylic acids is 1. The highest BCUT2D eigenvalue weighted by Crippen LogP contribution is 2.24. The van der Waals surface area contributed by atoms with Crippen LogP contribution in [0.15, 0.2) is 59.6 Å². The number of carbonyl (C=O) groups is 3. The maximum Gasteiger partial charge on any atom is 0.490 e. The second-order valence-electron chi connectivity index (χ2n) is 8.07. The number of furan rings is 1. The largest absolute Gasteiger partial charge is 0.490 e. The van der Waals surface area contributed by atoms with E-state index in [0.29, 0.717) is 12.3 Å². The van der Waals surface area contributed by atoms with Crippen molar-refractivity contribution in [2.24, 2.45) is 0 Å². The van der Waals surface area contributed by atoms with E-state index in [1.807, 2.05) is 30.7 Å². The molecule has 218 valence electrons. The number of fused-ring (bicyclic) bond motifs is 1. The Kier molecular flexibility index (Phi) is 11.2. The lowest BCUT2D eigenvalue weighted by molar-refractivity contribution is -0.193. The summed E-state index contributed by atoms with van der Waals surface area (Å²) in [5.74, 6) is -5.35. The molecule has 3 aromatic rings. The summed E-state index contributed by atoms with van der Waals surface area (Å²) in [6, 6.07) is 9.76. The molecule has 4 heterocycles. The summed E-state index contributed by atoms with van der Waals surface area (Å²) in [4.78, 5) is 36.3. The summed E-state index contributed by atoms with van der Waals surface area (Å²) in [7, 11) is 0. The zero-order valence-electron chi connectivity index (χ0n) is 20.4. The van der Waals surface area contributed by atoms with Gasteiger partial charge in [-0.05, 0) is 42.3 Å². The summed E-state index contributed by atoms with van der Waals surface area (Å²) in [5.41, 5.74) is 2.45. The number of rotatable bonds is 6. The van der Waals surface area contributed by atoms with Gasteiger partial charge >= 0.3 is 24.3 Å². The van der Waals surface area contributed by atoms with Gasteiger partial charge in [-0.15, -0.1) is 0 Å². The highest BCUT2D eigenvalue weighted by molar-refractivity contribution is 5.91. The van der Waals surface area contributed by atoms with Crippen molar-refractivity contribution in [2.75, 3.05) is 13.1 Å². The second-order valence-corrected chi connectivity index (χ2v) is 8.07. The lowest BCUT2D eigenvalue weighted by atomic mass is 10.1. The number of alkyl halides is 6. The minimum absolute atomic E-state index is 0.180. The molecule has 1 atom stereocenters. The summed E-state index contributed by atoms with van der Waals surface area (Å²) >= 11 is 0. The Hall–Kier alpha value is -4.41. The number of nitrogens with zero attached hydrogens (tertiary/aromatic N) is 4. The third kappa shape index (κ3) is 10.4. The monoisotopic (exact) mass is 579 g/mol. The molecule has 0 bridgehead atoms. The number of carboxylic acids is 2. The molecule has 40 heavy (non-hydrogen) atoms. The molecule has 1 unspecified atom stereocenters. The maximum absolute atomic E-state index is 12.0. The SMILES string of the molecule is O=C(NCCC1CN(Cc2ccncc2)Cc2ccnn21)c1ccco1.O=C(O)C(F)(F)F.O=C(O)C(F)(F)F. The summed E-state index contributed by atoms with van der Waals surface area (Å²) in [5, 5.41) is 21.6. The van der Waals surface area contributed by atoms with E-state index < -0.39 is 24.3 Å². The molecule has 3 aromatic heterocycles. The average Bonchev–Trinajstić information content (AvgIpc) is 3.57. The predicted molar refractivity (Wildman–Crippen MR) is 123 cm³/mol. The number of aromatic nitrogens is 3. The van der Waals surface area contributed by atoms with Crippen molar-refractivity contribution in [1.82, 2.24) is 25.0 Å². The summed E-state index contributed by atoms with van der Waals surface area (Å²) in [6.45, 7) is 3.22. The Morgan fingerprint density at radius 3 is 2.10 bits per heavy atom. The van der Waals surface area contributed by atoms with E-state index in [1.54, 1.807) is 12.1 Å². The lowest BCUT2D eigenvalue weighted by Gasteiger charge is -2.34. The second kappa shape index (κ2) is 14.1. The molecular formula is C23H23F6N5O6. The molecule has 11 nitrogen and oxygen atoms in total. The quantitative estimate of drug-likeness (QED) is 0.373. The molecule has 4 rings (SSSR count). The third-order valence-corrected chi connectivity index (χ3v) is 5.10. The van der Waals surface area contributed by atoms with Gasteiger partial charge in [0.1, 0.15) is 0 Å². The predicted octanol–water partition coefficient (Wildman–Crippen LogP) is 3.51. The number of pyridine rings is 1. The molecular weight excluding hydrogens is 556 g/mol. The fraction of sp³-hybridized carbons (Fsp3) is 0.348. The first-order chi connectivity index (χ1) is 18.7. The molecule has 1 aliphatic heterocycles. The number of amides is 1. The molecule has 0 fully saturated rings. The Labute approximate surface area is 222 Å². The molecule has 17 heteroatoms. The van der Waals surface area contributed by atoms with E-state index in [4.69, 9.17) is 24.2 Å². The first kappa shape index (κ1) is 31.8. The van der Waals surface area contributed by atoms with Crippen LogP contribution < -0.4 is 5.32 Å². The zero-order chi connectivity index (χ0) is 29.9. The lowest BCUT2D eigenvalue weighted by Crippen LogP contribution is -2.38. The Morgan fingerprint density at radius 1 is 0.975 bits per heavy atom. The van der Waals surface area contributed by atoms with Crippen molar-refractivity contribution >= 4 is 17.8 Å². The van der Waals surface area contributed by atoms with Crippen LogP contribution in [0.3, 0.4) is 0 Å². The van der Waals surface area contributed by atoms with Crippen molar-refractivity contribution in [3.63, 3.8) is 0 Å². The first-order valence-electron chi connectivity index (χ1n) is 11.2. The Bertz CT molecular complexity index is 1210. The molecule has 0 aliphatic carbocycles. The van der Waals surface area contributed by atoms with Gasteiger partial charge in [-0.1, -0.05) is 0 Å². The van der Waals surface area contributed by atoms with Crippen LogP contribution in [-0.4, -0.2) is 73.2 Å². The molecule has 0 saturated carbocycles. The minimum atomic E-state index is -5.08. The number of halogens is 6. The van der Waals surface area contributed by atoms with Crippen molar-refractivity contribution < 1.29 is 55.4 Å². The van der Waals surface area contributed by atoms with Crippen LogP contribution in [0.5, 0.6) is 0 Å². The van der Waals surface area contributed by atoms with E-state index in [-0.39, 0.29) is 11.9 Å². The molecule has 1 amide bonds. The van der Waals surface area contributed by atoms with Gasteiger partial charge < -0.3 is 19.9 Å². The smallest absolute Gasteiger partial charge is 0.475 e. The van der Waals surface area contributed by atoms with Crippen LogP contribution in [0, 0.1) is 0 Å². The molecule has 0 saturated heterocycles. The van der Waals surface area contributed by atoms with Gasteiger partial charge in [0.25, 0.3) is 5.91 Å². The van der Waals surface area contributed by atoms with E-state index in [9.17, 15) is 31.1 Å². The normalized spacial score (nSPS) is 15.0. The molecule has 0 aromatic carbocycles. The highest BCUT2D eigenvalue weighted by atomic mass is 19.4. The topological polar surface area (TPSA) is 151 Å². The minimum Gasteiger partial charge on any atom is -0.475 e. The first-order valence-corrected chi connectivity index (χ1v) is 11.2. The van der Waals surface area contributed by atoms with Crippen LogP contribution in [0.1, 0.15) is 34.3 Å². The van der Waals surface area contributed by atoms with Crippen LogP contribution in [0.25, 0.3) is 0 Å². The fourth-order valence-corrected chi connectivity index (χ4v) is 3.39. The summed E-state index contributed by atoms with van der Waals surface area (Å²) < 4.78 is 70.7. The molecule has 3 N–H and O–H groups in total. The van der Waals surface area contributed by atoms with Crippen molar-refractivity contribution in [2.45, 2.75) is 37.9 Å². The van der Waals surface area contributed by atoms with Gasteiger partial charge in [0.15, 0.2) is 5.76 Å². The van der Waals surface area contributed by atoms with Gasteiger partial charge in [-0.2, -0.15) is 31.4 Å². The van der Waals surface area contributed by atoms with E-state index >= 15 is 0 Å². The van der Waals surface area contributed by atoms with Crippen LogP contribution in [0.2, 0.25) is 0 Å². The van der Waals surface area contributed by atoms with Gasteiger partial charge in [0, 0.05) is 44.8 Å². The van der Waals surface area contributed by atoms with E-state index in [0.717, 1.165) is 26.1 Å². The number of nitrogens with one attached hydrogen (secondary N) is 1. The number of carboxylic acid groups (broad SMARTS) is 2. The van der Waals surface area contributed by atoms with E-state index in [2.05, 4.69) is 31.0 Å². The molecule has 0 spiro atoms. The highest BCUT2D eigenvalue weighted by Gasteiger charge is 2.38. The number of hydrogen-bond donors (Lipinski definition) is 3. The van der Waals surface area contributed by atoms with Gasteiger partial charge in [-0.25, -0.2) is 9.59 Å². The van der Waals surface area contributed by atoms with Crippen molar-refractivity contribution in [1.29, 1.82) is 0 Å². The van der Waals surface area contributed by atoms with E-state index in [1.165, 1.54) is 17.5 Å². The number of aliphatic carboxylic acids is 2. The van der Waals surface area contributed by atoms with Crippen molar-refractivity contribution in [3.8, 4) is 0 Å². The number of hydrogen-bond acceptors (Lipinski definition) is 7. The zero-order valence-corrected chi connectivity index (χ0v) is 20.4. The van der Waals surface area contributed by atoms with Gasteiger partial charge in [0.2, 0.25) is 0 Å². The van der Waals surface area contributed by atoms with Crippen LogP contribution >= 0.6 is 0 Å². The Morgan fingerprint density at radius 2 is 1.57 bits per heavy atom. The van der Waals surface area contributed by atoms with Crippen molar-refractivity contribution in [3.05, 3.63) is 72.2 Å². The fourth-order valence-electron chi connectivity index (χ4n) is 3.39. The maximum atomic E-state index is 12.0. The third-order valence-electron chi connectivity index (χ3n) is 5.10. The Balaban J connectivity index is 0.000000333.